The number of carbonyl (C=O) groups is 1. The second-order valence-electron chi connectivity index (χ2n) is 3.44. The summed E-state index contributed by atoms with van der Waals surface area (Å²) < 4.78 is 7.89. The Morgan fingerprint density at radius 1 is 1.56 bits per heavy atom. The maximum atomic E-state index is 11.2. The van der Waals surface area contributed by atoms with Gasteiger partial charge in [0.25, 0.3) is 0 Å². The van der Waals surface area contributed by atoms with Gasteiger partial charge in [-0.2, -0.15) is 0 Å². The summed E-state index contributed by atoms with van der Waals surface area (Å²) in [5.41, 5.74) is 0. The van der Waals surface area contributed by atoms with Crippen LogP contribution in [0.25, 0.3) is 0 Å². The number of rotatable bonds is 5. The van der Waals surface area contributed by atoms with Crippen molar-refractivity contribution in [2.75, 3.05) is 7.11 Å². The van der Waals surface area contributed by atoms with Crippen LogP contribution in [0.15, 0.2) is 17.6 Å². The predicted octanol–water partition coefficient (Wildman–Crippen LogP) is -0.128. The third-order valence-electron chi connectivity index (χ3n) is 2.26. The molecule has 0 aliphatic carbocycles. The number of aromatic nitrogens is 6. The van der Waals surface area contributed by atoms with Gasteiger partial charge in [-0.1, -0.05) is 11.8 Å². The Labute approximate surface area is 107 Å². The van der Waals surface area contributed by atoms with Crippen LogP contribution in [0, 0.1) is 0 Å². The van der Waals surface area contributed by atoms with Gasteiger partial charge in [-0.15, -0.1) is 5.10 Å². The number of thioether (sulfide) groups is 1. The fraction of sp³-hybridized carbons (Fsp3) is 0.444. The second-order valence-corrected chi connectivity index (χ2v) is 4.38. The van der Waals surface area contributed by atoms with E-state index in [4.69, 9.17) is 0 Å². The number of ether oxygens (including phenoxy) is 1. The van der Waals surface area contributed by atoms with Crippen molar-refractivity contribution in [2.24, 2.45) is 7.05 Å². The van der Waals surface area contributed by atoms with Gasteiger partial charge in [-0.3, -0.25) is 4.79 Å². The molecule has 0 unspecified atom stereocenters. The average molecular weight is 268 g/mol. The highest BCUT2D eigenvalue weighted by Crippen LogP contribution is 2.18. The van der Waals surface area contributed by atoms with E-state index in [0.29, 0.717) is 10.9 Å². The van der Waals surface area contributed by atoms with Crippen molar-refractivity contribution in [1.29, 1.82) is 0 Å². The summed E-state index contributed by atoms with van der Waals surface area (Å²) in [7, 11) is 3.24. The van der Waals surface area contributed by atoms with Crippen LogP contribution in [0.5, 0.6) is 0 Å². The van der Waals surface area contributed by atoms with Gasteiger partial charge in [-0.25, -0.2) is 9.67 Å². The lowest BCUT2D eigenvalue weighted by molar-refractivity contribution is -0.141. The van der Waals surface area contributed by atoms with Crippen molar-refractivity contribution in [2.45, 2.75) is 17.5 Å². The minimum absolute atomic E-state index is 0.00635. The van der Waals surface area contributed by atoms with Crippen molar-refractivity contribution < 1.29 is 9.53 Å². The molecule has 0 fully saturated rings. The fourth-order valence-corrected chi connectivity index (χ4v) is 2.13. The number of aryl methyl sites for hydroxylation is 1. The van der Waals surface area contributed by atoms with Crippen LogP contribution >= 0.6 is 11.8 Å². The summed E-state index contributed by atoms with van der Waals surface area (Å²) in [6, 6.07) is 0. The molecule has 0 aliphatic rings. The maximum absolute atomic E-state index is 11.2. The van der Waals surface area contributed by atoms with E-state index in [1.54, 1.807) is 6.20 Å². The van der Waals surface area contributed by atoms with Crippen LogP contribution in [0.4, 0.5) is 0 Å². The highest BCUT2D eigenvalue weighted by Gasteiger charge is 2.12. The first-order valence-corrected chi connectivity index (χ1v) is 6.11. The van der Waals surface area contributed by atoms with Crippen LogP contribution in [-0.2, 0) is 28.9 Å². The van der Waals surface area contributed by atoms with E-state index >= 15 is 0 Å². The quantitative estimate of drug-likeness (QED) is 0.551. The molecule has 0 aliphatic heterocycles. The first-order valence-electron chi connectivity index (χ1n) is 5.12. The predicted molar refractivity (Wildman–Crippen MR) is 62.6 cm³/mol. The molecule has 2 aromatic heterocycles. The number of hydrogen-bond donors (Lipinski definition) is 0. The summed E-state index contributed by atoms with van der Waals surface area (Å²) in [5, 5.41) is 11.7. The van der Waals surface area contributed by atoms with Crippen molar-refractivity contribution in [3.05, 3.63) is 18.2 Å². The Morgan fingerprint density at radius 3 is 3.06 bits per heavy atom. The molecule has 0 bridgehead atoms. The minimum Gasteiger partial charge on any atom is -0.468 e. The SMILES string of the molecule is COC(=O)Cn1nnnc1SCc1nccn1C. The minimum atomic E-state index is -0.388. The van der Waals surface area contributed by atoms with Gasteiger partial charge < -0.3 is 9.30 Å². The Balaban J connectivity index is 2.00. The second kappa shape index (κ2) is 5.63. The van der Waals surface area contributed by atoms with E-state index in [-0.39, 0.29) is 12.5 Å². The van der Waals surface area contributed by atoms with E-state index in [0.717, 1.165) is 5.82 Å². The molecule has 8 nitrogen and oxygen atoms in total. The van der Waals surface area contributed by atoms with Gasteiger partial charge in [-0.05, 0) is 10.4 Å². The summed E-state index contributed by atoms with van der Waals surface area (Å²) in [6.45, 7) is 0.00635. The van der Waals surface area contributed by atoms with E-state index < -0.39 is 0 Å². The maximum Gasteiger partial charge on any atom is 0.327 e. The van der Waals surface area contributed by atoms with Crippen molar-refractivity contribution in [3.63, 3.8) is 0 Å². The third kappa shape index (κ3) is 2.86. The average Bonchev–Trinajstić information content (AvgIpc) is 2.96. The molecule has 0 aromatic carbocycles. The number of methoxy groups -OCH3 is 1. The third-order valence-corrected chi connectivity index (χ3v) is 3.21. The molecule has 0 saturated heterocycles. The Morgan fingerprint density at radius 2 is 2.39 bits per heavy atom. The molecule has 18 heavy (non-hydrogen) atoms. The molecule has 0 spiro atoms. The zero-order chi connectivity index (χ0) is 13.0. The standard InChI is InChI=1S/C9H12N6O2S/c1-14-4-3-10-7(14)6-18-9-11-12-13-15(9)5-8(16)17-2/h3-4H,5-6H2,1-2H3. The van der Waals surface area contributed by atoms with Gasteiger partial charge in [0.05, 0.1) is 12.9 Å². The van der Waals surface area contributed by atoms with Gasteiger partial charge in [0.15, 0.2) is 0 Å². The highest BCUT2D eigenvalue weighted by atomic mass is 32.2. The van der Waals surface area contributed by atoms with Gasteiger partial charge in [0.1, 0.15) is 12.4 Å². The molecule has 0 amide bonds. The lowest BCUT2D eigenvalue weighted by atomic mass is 10.7. The summed E-state index contributed by atoms with van der Waals surface area (Å²) in [5.74, 6) is 1.15. The topological polar surface area (TPSA) is 87.7 Å². The number of hydrogen-bond acceptors (Lipinski definition) is 7. The van der Waals surface area contributed by atoms with Crippen molar-refractivity contribution in [1.82, 2.24) is 29.8 Å². The van der Waals surface area contributed by atoms with Gasteiger partial charge >= 0.3 is 5.97 Å². The van der Waals surface area contributed by atoms with E-state index in [2.05, 4.69) is 25.2 Å². The number of nitrogens with zero attached hydrogens (tertiary/aromatic N) is 6. The molecule has 0 radical (unpaired) electrons. The number of carbonyl (C=O) groups excluding carboxylic acids is 1. The Kier molecular flexibility index (Phi) is 3.92. The first-order chi connectivity index (χ1) is 8.70. The first kappa shape index (κ1) is 12.6. The molecular weight excluding hydrogens is 256 g/mol. The number of esters is 1. The molecule has 96 valence electrons. The number of imidazole rings is 1. The zero-order valence-electron chi connectivity index (χ0n) is 9.98. The molecule has 2 heterocycles. The van der Waals surface area contributed by atoms with Gasteiger partial charge in [0.2, 0.25) is 5.16 Å². The Bertz CT molecular complexity index is 537. The van der Waals surface area contributed by atoms with Crippen LogP contribution in [0.1, 0.15) is 5.82 Å². The molecule has 9 heteroatoms. The summed E-state index contributed by atoms with van der Waals surface area (Å²) in [6.07, 6.45) is 3.60. The molecule has 0 saturated carbocycles. The monoisotopic (exact) mass is 268 g/mol. The largest absolute Gasteiger partial charge is 0.468 e. The lowest BCUT2D eigenvalue weighted by Gasteiger charge is -2.03. The smallest absolute Gasteiger partial charge is 0.327 e. The molecule has 2 rings (SSSR count). The highest BCUT2D eigenvalue weighted by molar-refractivity contribution is 7.98. The van der Waals surface area contributed by atoms with Crippen LogP contribution in [0.3, 0.4) is 0 Å². The fourth-order valence-electron chi connectivity index (χ4n) is 1.25. The lowest BCUT2D eigenvalue weighted by Crippen LogP contribution is -2.13. The van der Waals surface area contributed by atoms with Crippen molar-refractivity contribution >= 4 is 17.7 Å². The molecule has 0 N–H and O–H groups in total. The molecule has 0 atom stereocenters. The summed E-state index contributed by atoms with van der Waals surface area (Å²) >= 11 is 1.41. The number of tetrazole rings is 1. The molecule has 2 aromatic rings. The van der Waals surface area contributed by atoms with E-state index in [1.807, 2.05) is 17.8 Å². The summed E-state index contributed by atoms with van der Waals surface area (Å²) in [4.78, 5) is 15.3. The normalized spacial score (nSPS) is 10.6. The van der Waals surface area contributed by atoms with E-state index in [9.17, 15) is 4.79 Å². The zero-order valence-corrected chi connectivity index (χ0v) is 10.8. The van der Waals surface area contributed by atoms with Crippen LogP contribution in [0.2, 0.25) is 0 Å². The molecular formula is C9H12N6O2S. The van der Waals surface area contributed by atoms with Gasteiger partial charge in [0, 0.05) is 19.4 Å². The van der Waals surface area contributed by atoms with Crippen molar-refractivity contribution in [3.8, 4) is 0 Å². The van der Waals surface area contributed by atoms with Crippen LogP contribution < -0.4 is 0 Å². The Hall–Kier alpha value is -1.90. The van der Waals surface area contributed by atoms with E-state index in [1.165, 1.54) is 23.6 Å². The van der Waals surface area contributed by atoms with Crippen LogP contribution in [-0.4, -0.2) is 42.8 Å².